The Kier molecular flexibility index (Phi) is 10.9. The maximum absolute atomic E-state index is 2.30. The Labute approximate surface area is 329 Å². The molecule has 0 amide bonds. The third kappa shape index (κ3) is 6.78. The third-order valence-corrected chi connectivity index (χ3v) is 9.39. The van der Waals surface area contributed by atoms with E-state index in [2.05, 4.69) is 204 Å². The fraction of sp³-hybridized carbons (Fsp3) is 0. The van der Waals surface area contributed by atoms with Crippen molar-refractivity contribution in [2.24, 2.45) is 0 Å². The van der Waals surface area contributed by atoms with Gasteiger partial charge in [0.1, 0.15) is 0 Å². The van der Waals surface area contributed by atoms with Gasteiger partial charge < -0.3 is 33.9 Å². The van der Waals surface area contributed by atoms with Gasteiger partial charge in [-0.2, -0.15) is 0 Å². The smallest absolute Gasteiger partial charge is 1.00 e. The van der Waals surface area contributed by atoms with Crippen LogP contribution in [-0.2, 0) is 26.2 Å². The maximum atomic E-state index is 2.30. The van der Waals surface area contributed by atoms with Gasteiger partial charge in [0.2, 0.25) is 0 Å². The Morgan fingerprint density at radius 1 is 0.373 bits per heavy atom. The SMILES string of the molecule is [Cl-].[Cl-].[Zr+4].c1ccc(-c2cc3c(-n4ccc5ccccc54)cccc3[cH-]2)cc1.c1ccc(-c2cc3c(-n4ccc5ccccc54)cccc3[cH-]2)cc1. The Bertz CT molecular complexity index is 2490. The zero-order valence-electron chi connectivity index (χ0n) is 27.6. The molecule has 0 saturated carbocycles. The van der Waals surface area contributed by atoms with E-state index in [9.17, 15) is 0 Å². The summed E-state index contributed by atoms with van der Waals surface area (Å²) in [5.74, 6) is 0. The minimum absolute atomic E-state index is 0. The van der Waals surface area contributed by atoms with E-state index < -0.39 is 0 Å². The number of benzene rings is 6. The molecular formula is C46H32Cl2N2Zr. The molecule has 0 aliphatic heterocycles. The minimum Gasteiger partial charge on any atom is -1.00 e. The number of aromatic nitrogens is 2. The topological polar surface area (TPSA) is 9.86 Å². The van der Waals surface area contributed by atoms with Crippen LogP contribution < -0.4 is 24.8 Å². The molecule has 0 fully saturated rings. The third-order valence-electron chi connectivity index (χ3n) is 9.39. The number of para-hydroxylation sites is 2. The molecule has 10 rings (SSSR count). The standard InChI is InChI=1S/2C23H16N.2ClH.Zr/c2*1-2-7-17(8-3-1)20-15-19-10-6-12-23(21(19)16-20)24-14-13-18-9-4-5-11-22(18)24;;;/h2*1-16H;2*1H;/q2*-1;;;+4/p-2. The fourth-order valence-electron chi connectivity index (χ4n) is 7.04. The molecule has 0 aliphatic carbocycles. The molecule has 0 radical (unpaired) electrons. The summed E-state index contributed by atoms with van der Waals surface area (Å²) >= 11 is 0. The second-order valence-corrected chi connectivity index (χ2v) is 12.3. The Morgan fingerprint density at radius 2 is 0.765 bits per heavy atom. The maximum Gasteiger partial charge on any atom is 4.00 e. The van der Waals surface area contributed by atoms with Gasteiger partial charge in [-0.3, -0.25) is 0 Å². The molecule has 0 N–H and O–H groups in total. The van der Waals surface area contributed by atoms with E-state index >= 15 is 0 Å². The number of hydrogen-bond donors (Lipinski definition) is 0. The van der Waals surface area contributed by atoms with Crippen LogP contribution in [-0.4, -0.2) is 9.13 Å². The van der Waals surface area contributed by atoms with Crippen molar-refractivity contribution in [2.75, 3.05) is 0 Å². The number of halogens is 2. The minimum atomic E-state index is 0. The molecule has 0 unspecified atom stereocenters. The van der Waals surface area contributed by atoms with Crippen LogP contribution >= 0.6 is 0 Å². The van der Waals surface area contributed by atoms with E-state index in [1.807, 2.05) is 0 Å². The van der Waals surface area contributed by atoms with Crippen LogP contribution in [0, 0.1) is 0 Å². The van der Waals surface area contributed by atoms with Crippen LogP contribution in [0.25, 0.3) is 77.0 Å². The summed E-state index contributed by atoms with van der Waals surface area (Å²) in [5.41, 5.74) is 10.0. The van der Waals surface area contributed by atoms with Crippen LogP contribution in [0.4, 0.5) is 0 Å². The monoisotopic (exact) mass is 772 g/mol. The molecular weight excluding hydrogens is 743 g/mol. The van der Waals surface area contributed by atoms with Gasteiger partial charge in [0.05, 0.1) is 11.0 Å². The predicted octanol–water partition coefficient (Wildman–Crippen LogP) is 6.34. The largest absolute Gasteiger partial charge is 4.00 e. The molecule has 0 bridgehead atoms. The van der Waals surface area contributed by atoms with Crippen LogP contribution in [0.2, 0.25) is 0 Å². The molecule has 5 heteroatoms. The molecule has 10 aromatic rings. The van der Waals surface area contributed by atoms with E-state index in [-0.39, 0.29) is 51.0 Å². The first-order chi connectivity index (χ1) is 23.8. The van der Waals surface area contributed by atoms with E-state index in [0.29, 0.717) is 0 Å². The molecule has 8 aromatic carbocycles. The van der Waals surface area contributed by atoms with Crippen molar-refractivity contribution in [2.45, 2.75) is 0 Å². The van der Waals surface area contributed by atoms with Crippen molar-refractivity contribution in [1.29, 1.82) is 0 Å². The molecule has 2 aromatic heterocycles. The first kappa shape index (κ1) is 35.9. The quantitative estimate of drug-likeness (QED) is 0.185. The van der Waals surface area contributed by atoms with Crippen LogP contribution in [0.15, 0.2) is 194 Å². The molecule has 0 atom stereocenters. The van der Waals surface area contributed by atoms with E-state index in [1.165, 1.54) is 77.0 Å². The van der Waals surface area contributed by atoms with Crippen molar-refractivity contribution in [3.05, 3.63) is 194 Å². The zero-order valence-corrected chi connectivity index (χ0v) is 31.6. The van der Waals surface area contributed by atoms with E-state index in [0.717, 1.165) is 0 Å². The number of nitrogens with zero attached hydrogens (tertiary/aromatic N) is 2. The van der Waals surface area contributed by atoms with Gasteiger partial charge in [0.15, 0.2) is 0 Å². The van der Waals surface area contributed by atoms with Crippen LogP contribution in [0.5, 0.6) is 0 Å². The van der Waals surface area contributed by atoms with Gasteiger partial charge in [-0.25, -0.2) is 0 Å². The van der Waals surface area contributed by atoms with E-state index in [4.69, 9.17) is 0 Å². The Balaban J connectivity index is 0.000000166. The average molecular weight is 775 g/mol. The summed E-state index contributed by atoms with van der Waals surface area (Å²) in [6.07, 6.45) is 4.32. The number of rotatable bonds is 4. The van der Waals surface area contributed by atoms with Crippen molar-refractivity contribution in [3.8, 4) is 33.6 Å². The van der Waals surface area contributed by atoms with Gasteiger partial charge in [0, 0.05) is 23.8 Å². The van der Waals surface area contributed by atoms with Gasteiger partial charge in [-0.1, -0.05) is 143 Å². The van der Waals surface area contributed by atoms with Crippen LogP contribution in [0.3, 0.4) is 0 Å². The van der Waals surface area contributed by atoms with Crippen molar-refractivity contribution < 1.29 is 51.0 Å². The van der Waals surface area contributed by atoms with Gasteiger partial charge in [-0.15, -0.1) is 58.3 Å². The summed E-state index contributed by atoms with van der Waals surface area (Å²) in [7, 11) is 0. The summed E-state index contributed by atoms with van der Waals surface area (Å²) in [6, 6.07) is 64.7. The summed E-state index contributed by atoms with van der Waals surface area (Å²) in [5, 5.41) is 7.68. The van der Waals surface area contributed by atoms with Crippen molar-refractivity contribution in [1.82, 2.24) is 9.13 Å². The molecule has 2 heterocycles. The average Bonchev–Trinajstić information content (AvgIpc) is 3.97. The summed E-state index contributed by atoms with van der Waals surface area (Å²) in [6.45, 7) is 0. The second kappa shape index (κ2) is 15.5. The molecule has 51 heavy (non-hydrogen) atoms. The van der Waals surface area contributed by atoms with Gasteiger partial charge in [0.25, 0.3) is 0 Å². The molecule has 0 spiro atoms. The molecule has 2 nitrogen and oxygen atoms in total. The summed E-state index contributed by atoms with van der Waals surface area (Å²) in [4.78, 5) is 0. The normalized spacial score (nSPS) is 10.7. The molecule has 0 saturated heterocycles. The first-order valence-electron chi connectivity index (χ1n) is 16.4. The number of fused-ring (bicyclic) bond motifs is 4. The first-order valence-corrected chi connectivity index (χ1v) is 16.4. The van der Waals surface area contributed by atoms with Crippen LogP contribution in [0.1, 0.15) is 0 Å². The molecule has 0 aliphatic rings. The zero-order chi connectivity index (χ0) is 31.9. The van der Waals surface area contributed by atoms with Crippen molar-refractivity contribution in [3.63, 3.8) is 0 Å². The Hall–Kier alpha value is -4.92. The van der Waals surface area contributed by atoms with Gasteiger partial charge in [-0.05, 0) is 35.0 Å². The van der Waals surface area contributed by atoms with Gasteiger partial charge >= 0.3 is 26.2 Å². The summed E-state index contributed by atoms with van der Waals surface area (Å²) < 4.78 is 4.57. The predicted molar refractivity (Wildman–Crippen MR) is 204 cm³/mol. The van der Waals surface area contributed by atoms with Crippen molar-refractivity contribution >= 4 is 43.4 Å². The fourth-order valence-corrected chi connectivity index (χ4v) is 7.04. The molecule has 244 valence electrons. The second-order valence-electron chi connectivity index (χ2n) is 12.3. The Morgan fingerprint density at radius 3 is 1.20 bits per heavy atom. The van der Waals surface area contributed by atoms with E-state index in [1.54, 1.807) is 0 Å². The number of hydrogen-bond acceptors (Lipinski definition) is 0.